The van der Waals surface area contributed by atoms with Crippen molar-refractivity contribution < 1.29 is 4.74 Å². The summed E-state index contributed by atoms with van der Waals surface area (Å²) in [5.41, 5.74) is 0. The average molecular weight is 167 g/mol. The molecule has 0 amide bonds. The van der Waals surface area contributed by atoms with Crippen LogP contribution in [0.3, 0.4) is 0 Å². The van der Waals surface area contributed by atoms with Gasteiger partial charge in [-0.25, -0.2) is 9.97 Å². The monoisotopic (exact) mass is 167 g/mol. The molecule has 1 heterocycles. The van der Waals surface area contributed by atoms with Crippen LogP contribution in [0.4, 0.5) is 5.82 Å². The van der Waals surface area contributed by atoms with Gasteiger partial charge in [0, 0.05) is 26.9 Å². The minimum atomic E-state index is 0.709. The standard InChI is InChI=1S/C8H13N3O/c1-11(5-6-12-2)8-3-4-9-7-10-8/h3-4,7H,5-6H2,1-2H3. The van der Waals surface area contributed by atoms with E-state index in [9.17, 15) is 0 Å². The molecule has 0 saturated carbocycles. The van der Waals surface area contributed by atoms with Crippen LogP contribution < -0.4 is 4.90 Å². The van der Waals surface area contributed by atoms with Gasteiger partial charge in [0.25, 0.3) is 0 Å². The Morgan fingerprint density at radius 3 is 3.00 bits per heavy atom. The maximum absolute atomic E-state index is 4.95. The molecule has 0 spiro atoms. The van der Waals surface area contributed by atoms with E-state index in [0.29, 0.717) is 6.61 Å². The molecule has 0 aliphatic heterocycles. The van der Waals surface area contributed by atoms with Crippen LogP contribution in [0, 0.1) is 0 Å². The molecule has 0 saturated heterocycles. The van der Waals surface area contributed by atoms with Crippen LogP contribution in [-0.4, -0.2) is 37.3 Å². The summed E-state index contributed by atoms with van der Waals surface area (Å²) in [4.78, 5) is 9.95. The molecule has 0 aromatic carbocycles. The SMILES string of the molecule is COCCN(C)c1ccncn1. The Morgan fingerprint density at radius 1 is 1.58 bits per heavy atom. The molecule has 1 rings (SSSR count). The van der Waals surface area contributed by atoms with E-state index < -0.39 is 0 Å². The Balaban J connectivity index is 2.48. The Bertz CT molecular complexity index is 215. The maximum Gasteiger partial charge on any atom is 0.131 e. The van der Waals surface area contributed by atoms with Gasteiger partial charge in [0.05, 0.1) is 6.61 Å². The molecule has 0 atom stereocenters. The molecule has 0 unspecified atom stereocenters. The zero-order chi connectivity index (χ0) is 8.81. The number of methoxy groups -OCH3 is 1. The summed E-state index contributed by atoms with van der Waals surface area (Å²) in [6.45, 7) is 1.55. The van der Waals surface area contributed by atoms with Gasteiger partial charge in [-0.05, 0) is 6.07 Å². The van der Waals surface area contributed by atoms with E-state index in [0.717, 1.165) is 12.4 Å². The van der Waals surface area contributed by atoms with Gasteiger partial charge in [-0.15, -0.1) is 0 Å². The summed E-state index contributed by atoms with van der Waals surface area (Å²) in [5.74, 6) is 0.919. The number of likely N-dealkylation sites (N-methyl/N-ethyl adjacent to an activating group) is 1. The minimum absolute atomic E-state index is 0.709. The zero-order valence-corrected chi connectivity index (χ0v) is 7.40. The van der Waals surface area contributed by atoms with E-state index in [1.807, 2.05) is 18.0 Å². The largest absolute Gasteiger partial charge is 0.383 e. The normalized spacial score (nSPS) is 9.83. The lowest BCUT2D eigenvalue weighted by molar-refractivity contribution is 0.206. The van der Waals surface area contributed by atoms with Crippen molar-refractivity contribution in [1.82, 2.24) is 9.97 Å². The maximum atomic E-state index is 4.95. The fourth-order valence-corrected chi connectivity index (χ4v) is 0.852. The van der Waals surface area contributed by atoms with E-state index in [2.05, 4.69) is 9.97 Å². The van der Waals surface area contributed by atoms with Gasteiger partial charge < -0.3 is 9.64 Å². The third-order valence-electron chi connectivity index (χ3n) is 1.59. The first-order valence-corrected chi connectivity index (χ1v) is 3.80. The van der Waals surface area contributed by atoms with Crippen molar-refractivity contribution in [1.29, 1.82) is 0 Å². The molecule has 0 radical (unpaired) electrons. The number of anilines is 1. The number of ether oxygens (including phenoxy) is 1. The van der Waals surface area contributed by atoms with E-state index in [1.165, 1.54) is 0 Å². The topological polar surface area (TPSA) is 38.2 Å². The van der Waals surface area contributed by atoms with Gasteiger partial charge in [-0.2, -0.15) is 0 Å². The zero-order valence-electron chi connectivity index (χ0n) is 7.40. The number of nitrogens with zero attached hydrogens (tertiary/aromatic N) is 3. The molecule has 0 bridgehead atoms. The molecule has 4 heteroatoms. The first kappa shape index (κ1) is 8.93. The Morgan fingerprint density at radius 2 is 2.42 bits per heavy atom. The second kappa shape index (κ2) is 4.66. The fourth-order valence-electron chi connectivity index (χ4n) is 0.852. The van der Waals surface area contributed by atoms with Crippen LogP contribution in [0.15, 0.2) is 18.6 Å². The van der Waals surface area contributed by atoms with E-state index in [-0.39, 0.29) is 0 Å². The lowest BCUT2D eigenvalue weighted by atomic mass is 10.5. The molecular weight excluding hydrogens is 154 g/mol. The summed E-state index contributed by atoms with van der Waals surface area (Å²) >= 11 is 0. The van der Waals surface area contributed by atoms with Gasteiger partial charge in [0.15, 0.2) is 0 Å². The first-order chi connectivity index (χ1) is 5.84. The highest BCUT2D eigenvalue weighted by molar-refractivity contribution is 5.34. The van der Waals surface area contributed by atoms with Crippen LogP contribution in [0.25, 0.3) is 0 Å². The quantitative estimate of drug-likeness (QED) is 0.656. The van der Waals surface area contributed by atoms with Crippen LogP contribution in [-0.2, 0) is 4.74 Å². The first-order valence-electron chi connectivity index (χ1n) is 3.80. The third-order valence-corrected chi connectivity index (χ3v) is 1.59. The third kappa shape index (κ3) is 2.47. The van der Waals surface area contributed by atoms with Gasteiger partial charge in [-0.3, -0.25) is 0 Å². The Kier molecular flexibility index (Phi) is 3.47. The van der Waals surface area contributed by atoms with Crippen molar-refractivity contribution in [2.45, 2.75) is 0 Å². The molecule has 12 heavy (non-hydrogen) atoms. The lowest BCUT2D eigenvalue weighted by Crippen LogP contribution is -2.22. The molecule has 4 nitrogen and oxygen atoms in total. The molecular formula is C8H13N3O. The van der Waals surface area contributed by atoms with Gasteiger partial charge in [0.2, 0.25) is 0 Å². The van der Waals surface area contributed by atoms with Crippen molar-refractivity contribution in [3.63, 3.8) is 0 Å². The van der Waals surface area contributed by atoms with Crippen molar-refractivity contribution in [2.24, 2.45) is 0 Å². The van der Waals surface area contributed by atoms with E-state index in [1.54, 1.807) is 19.6 Å². The van der Waals surface area contributed by atoms with Crippen molar-refractivity contribution in [3.8, 4) is 0 Å². The Labute approximate surface area is 72.2 Å². The molecule has 1 aromatic heterocycles. The number of hydrogen-bond acceptors (Lipinski definition) is 4. The van der Waals surface area contributed by atoms with Gasteiger partial charge in [0.1, 0.15) is 12.1 Å². The summed E-state index contributed by atoms with van der Waals surface area (Å²) in [6.07, 6.45) is 3.27. The highest BCUT2D eigenvalue weighted by Gasteiger charge is 1.99. The molecule has 1 aromatic rings. The number of aromatic nitrogens is 2. The summed E-state index contributed by atoms with van der Waals surface area (Å²) < 4.78 is 4.95. The predicted octanol–water partition coefficient (Wildman–Crippen LogP) is 0.559. The van der Waals surface area contributed by atoms with E-state index >= 15 is 0 Å². The van der Waals surface area contributed by atoms with Crippen molar-refractivity contribution >= 4 is 5.82 Å². The van der Waals surface area contributed by atoms with Gasteiger partial charge in [-0.1, -0.05) is 0 Å². The van der Waals surface area contributed by atoms with Gasteiger partial charge >= 0.3 is 0 Å². The average Bonchev–Trinajstić information content (AvgIpc) is 2.15. The second-order valence-electron chi connectivity index (χ2n) is 2.48. The van der Waals surface area contributed by atoms with Crippen LogP contribution >= 0.6 is 0 Å². The summed E-state index contributed by atoms with van der Waals surface area (Å²) in [5, 5.41) is 0. The fraction of sp³-hybridized carbons (Fsp3) is 0.500. The van der Waals surface area contributed by atoms with E-state index in [4.69, 9.17) is 4.74 Å². The number of hydrogen-bond donors (Lipinski definition) is 0. The van der Waals surface area contributed by atoms with Crippen molar-refractivity contribution in [3.05, 3.63) is 18.6 Å². The molecule has 0 N–H and O–H groups in total. The summed E-state index contributed by atoms with van der Waals surface area (Å²) in [6, 6.07) is 1.87. The predicted molar refractivity (Wildman–Crippen MR) is 47.2 cm³/mol. The lowest BCUT2D eigenvalue weighted by Gasteiger charge is -2.16. The van der Waals surface area contributed by atoms with Crippen LogP contribution in [0.5, 0.6) is 0 Å². The molecule has 0 fully saturated rings. The van der Waals surface area contributed by atoms with Crippen LogP contribution in [0.1, 0.15) is 0 Å². The molecule has 0 aliphatic rings. The highest BCUT2D eigenvalue weighted by atomic mass is 16.5. The van der Waals surface area contributed by atoms with Crippen LogP contribution in [0.2, 0.25) is 0 Å². The molecule has 66 valence electrons. The molecule has 0 aliphatic carbocycles. The summed E-state index contributed by atoms with van der Waals surface area (Å²) in [7, 11) is 3.66. The smallest absolute Gasteiger partial charge is 0.131 e. The minimum Gasteiger partial charge on any atom is -0.383 e. The highest BCUT2D eigenvalue weighted by Crippen LogP contribution is 2.03. The van der Waals surface area contributed by atoms with Crippen molar-refractivity contribution in [2.75, 3.05) is 32.2 Å². The second-order valence-corrected chi connectivity index (χ2v) is 2.48. The number of rotatable bonds is 4. The Hall–Kier alpha value is -1.16.